The number of phenols is 1. The van der Waals surface area contributed by atoms with Crippen LogP contribution in [0.3, 0.4) is 0 Å². The van der Waals surface area contributed by atoms with Crippen LogP contribution in [0.1, 0.15) is 32.8 Å². The number of benzene rings is 1. The second-order valence-electron chi connectivity index (χ2n) is 5.51. The summed E-state index contributed by atoms with van der Waals surface area (Å²) in [6.45, 7) is 6.17. The number of anilines is 1. The first-order valence-electron chi connectivity index (χ1n) is 6.20. The predicted molar refractivity (Wildman–Crippen MR) is 70.0 cm³/mol. The third-order valence-electron chi connectivity index (χ3n) is 2.84. The smallest absolute Gasteiger partial charge is 0.414 e. The molecular weight excluding hydrogens is 230 g/mol. The molecule has 1 aromatic carbocycles. The van der Waals surface area contributed by atoms with E-state index in [2.05, 4.69) is 0 Å². The predicted octanol–water partition coefficient (Wildman–Crippen LogP) is 3.08. The van der Waals surface area contributed by atoms with Gasteiger partial charge in [0.2, 0.25) is 0 Å². The van der Waals surface area contributed by atoms with E-state index in [4.69, 9.17) is 4.74 Å². The Morgan fingerprint density at radius 3 is 2.78 bits per heavy atom. The Morgan fingerprint density at radius 2 is 2.11 bits per heavy atom. The first kappa shape index (κ1) is 12.7. The molecule has 1 heterocycles. The first-order chi connectivity index (χ1) is 8.38. The molecule has 0 atom stereocenters. The third kappa shape index (κ3) is 2.58. The molecule has 0 unspecified atom stereocenters. The van der Waals surface area contributed by atoms with Crippen LogP contribution >= 0.6 is 0 Å². The van der Waals surface area contributed by atoms with Crippen molar-refractivity contribution in [3.05, 3.63) is 23.8 Å². The van der Waals surface area contributed by atoms with Crippen LogP contribution in [-0.4, -0.2) is 23.3 Å². The van der Waals surface area contributed by atoms with Crippen molar-refractivity contribution in [2.24, 2.45) is 0 Å². The van der Waals surface area contributed by atoms with Gasteiger partial charge in [0.15, 0.2) is 0 Å². The Bertz CT molecular complexity index is 463. The quantitative estimate of drug-likeness (QED) is 0.768. The summed E-state index contributed by atoms with van der Waals surface area (Å²) < 4.78 is 5.38. The molecule has 0 saturated heterocycles. The summed E-state index contributed by atoms with van der Waals surface area (Å²) in [6, 6.07) is 5.24. The molecule has 0 spiro atoms. The Labute approximate surface area is 107 Å². The number of hydrogen-bond acceptors (Lipinski definition) is 3. The Morgan fingerprint density at radius 1 is 1.39 bits per heavy atom. The van der Waals surface area contributed by atoms with Gasteiger partial charge >= 0.3 is 6.09 Å². The van der Waals surface area contributed by atoms with Crippen LogP contribution in [0.5, 0.6) is 5.75 Å². The molecule has 18 heavy (non-hydrogen) atoms. The van der Waals surface area contributed by atoms with Gasteiger partial charge < -0.3 is 9.84 Å². The largest absolute Gasteiger partial charge is 0.508 e. The van der Waals surface area contributed by atoms with E-state index in [0.29, 0.717) is 6.54 Å². The van der Waals surface area contributed by atoms with Crippen LogP contribution in [0.4, 0.5) is 10.5 Å². The summed E-state index contributed by atoms with van der Waals surface area (Å²) in [5.41, 5.74) is 1.08. The first-order valence-corrected chi connectivity index (χ1v) is 6.20. The zero-order valence-electron chi connectivity index (χ0n) is 11.1. The minimum absolute atomic E-state index is 0.251. The lowest BCUT2D eigenvalue weighted by Gasteiger charge is -2.31. The van der Waals surface area contributed by atoms with Gasteiger partial charge in [0.25, 0.3) is 0 Å². The van der Waals surface area contributed by atoms with Gasteiger partial charge in [-0.25, -0.2) is 4.79 Å². The number of fused-ring (bicyclic) bond motifs is 1. The van der Waals surface area contributed by atoms with Crippen LogP contribution in [0.2, 0.25) is 0 Å². The van der Waals surface area contributed by atoms with Crippen molar-refractivity contribution in [2.75, 3.05) is 11.4 Å². The maximum Gasteiger partial charge on any atom is 0.414 e. The molecule has 1 aliphatic heterocycles. The SMILES string of the molecule is CC(C)(C)OC(=O)N1CCCc2c(O)cccc21. The van der Waals surface area contributed by atoms with E-state index >= 15 is 0 Å². The fraction of sp³-hybridized carbons (Fsp3) is 0.500. The van der Waals surface area contributed by atoms with Gasteiger partial charge in [-0.2, -0.15) is 0 Å². The Balaban J connectivity index is 2.28. The van der Waals surface area contributed by atoms with Crippen molar-refractivity contribution < 1.29 is 14.6 Å². The topological polar surface area (TPSA) is 49.8 Å². The van der Waals surface area contributed by atoms with E-state index in [9.17, 15) is 9.90 Å². The molecule has 0 saturated carbocycles. The monoisotopic (exact) mass is 249 g/mol. The van der Waals surface area contributed by atoms with Crippen molar-refractivity contribution in [3.63, 3.8) is 0 Å². The van der Waals surface area contributed by atoms with Crippen LogP contribution in [-0.2, 0) is 11.2 Å². The van der Waals surface area contributed by atoms with Gasteiger partial charge in [-0.3, -0.25) is 4.90 Å². The summed E-state index contributed by atoms with van der Waals surface area (Å²) in [4.78, 5) is 13.7. The standard InChI is InChI=1S/C14H19NO3/c1-14(2,3)18-13(17)15-9-5-6-10-11(15)7-4-8-12(10)16/h4,7-8,16H,5-6,9H2,1-3H3. The molecule has 1 aliphatic rings. The molecule has 0 radical (unpaired) electrons. The van der Waals surface area contributed by atoms with E-state index in [1.54, 1.807) is 17.0 Å². The van der Waals surface area contributed by atoms with E-state index < -0.39 is 5.60 Å². The van der Waals surface area contributed by atoms with Crippen molar-refractivity contribution in [1.29, 1.82) is 0 Å². The number of aromatic hydroxyl groups is 1. The average molecular weight is 249 g/mol. The third-order valence-corrected chi connectivity index (χ3v) is 2.84. The van der Waals surface area contributed by atoms with Crippen molar-refractivity contribution in [2.45, 2.75) is 39.2 Å². The number of carbonyl (C=O) groups excluding carboxylic acids is 1. The minimum atomic E-state index is -0.508. The normalized spacial score (nSPS) is 15.2. The zero-order chi connectivity index (χ0) is 13.3. The van der Waals surface area contributed by atoms with Gasteiger partial charge in [0.1, 0.15) is 11.4 Å². The molecular formula is C14H19NO3. The zero-order valence-corrected chi connectivity index (χ0v) is 11.1. The highest BCUT2D eigenvalue weighted by molar-refractivity contribution is 5.90. The van der Waals surface area contributed by atoms with E-state index in [-0.39, 0.29) is 11.8 Å². The maximum absolute atomic E-state index is 12.1. The van der Waals surface area contributed by atoms with Gasteiger partial charge in [0.05, 0.1) is 5.69 Å². The van der Waals surface area contributed by atoms with Crippen LogP contribution in [0.25, 0.3) is 0 Å². The lowest BCUT2D eigenvalue weighted by molar-refractivity contribution is 0.0578. The summed E-state index contributed by atoms with van der Waals surface area (Å²) in [5, 5.41) is 9.81. The van der Waals surface area contributed by atoms with Crippen molar-refractivity contribution in [1.82, 2.24) is 0 Å². The number of carbonyl (C=O) groups is 1. The van der Waals surface area contributed by atoms with Crippen LogP contribution in [0.15, 0.2) is 18.2 Å². The molecule has 1 N–H and O–H groups in total. The van der Waals surface area contributed by atoms with Gasteiger partial charge in [-0.05, 0) is 45.7 Å². The van der Waals surface area contributed by atoms with E-state index in [1.807, 2.05) is 26.8 Å². The molecule has 0 aliphatic carbocycles. The lowest BCUT2D eigenvalue weighted by atomic mass is 10.0. The molecule has 4 nitrogen and oxygen atoms in total. The molecule has 0 fully saturated rings. The second-order valence-corrected chi connectivity index (χ2v) is 5.51. The lowest BCUT2D eigenvalue weighted by Crippen LogP contribution is -2.39. The fourth-order valence-corrected chi connectivity index (χ4v) is 2.11. The summed E-state index contributed by atoms with van der Waals surface area (Å²) in [5.74, 6) is 0.251. The number of phenolic OH excluding ortho intramolecular Hbond substituents is 1. The fourth-order valence-electron chi connectivity index (χ4n) is 2.11. The minimum Gasteiger partial charge on any atom is -0.508 e. The summed E-state index contributed by atoms with van der Waals surface area (Å²) >= 11 is 0. The van der Waals surface area contributed by atoms with Crippen LogP contribution < -0.4 is 4.90 Å². The molecule has 1 aromatic rings. The van der Waals surface area contributed by atoms with Gasteiger partial charge in [0, 0.05) is 12.1 Å². The average Bonchev–Trinajstić information content (AvgIpc) is 2.26. The van der Waals surface area contributed by atoms with Crippen molar-refractivity contribution >= 4 is 11.8 Å². The summed E-state index contributed by atoms with van der Waals surface area (Å²) in [7, 11) is 0. The Kier molecular flexibility index (Phi) is 3.20. The number of hydrogen-bond donors (Lipinski definition) is 1. The highest BCUT2D eigenvalue weighted by atomic mass is 16.6. The van der Waals surface area contributed by atoms with E-state index in [0.717, 1.165) is 24.1 Å². The number of ether oxygens (including phenoxy) is 1. The molecule has 0 bridgehead atoms. The Hall–Kier alpha value is -1.71. The second kappa shape index (κ2) is 4.52. The number of amides is 1. The van der Waals surface area contributed by atoms with Crippen LogP contribution in [0, 0.1) is 0 Å². The van der Waals surface area contributed by atoms with Gasteiger partial charge in [-0.1, -0.05) is 6.07 Å². The highest BCUT2D eigenvalue weighted by Gasteiger charge is 2.28. The maximum atomic E-state index is 12.1. The van der Waals surface area contributed by atoms with Crippen molar-refractivity contribution in [3.8, 4) is 5.75 Å². The molecule has 2 rings (SSSR count). The molecule has 4 heteroatoms. The van der Waals surface area contributed by atoms with E-state index in [1.165, 1.54) is 0 Å². The number of rotatable bonds is 0. The molecule has 0 aromatic heterocycles. The number of nitrogens with zero attached hydrogens (tertiary/aromatic N) is 1. The highest BCUT2D eigenvalue weighted by Crippen LogP contribution is 2.34. The molecule has 98 valence electrons. The summed E-state index contributed by atoms with van der Waals surface area (Å²) in [6.07, 6.45) is 1.28. The van der Waals surface area contributed by atoms with Gasteiger partial charge in [-0.15, -0.1) is 0 Å². The molecule has 1 amide bonds.